The van der Waals surface area contributed by atoms with E-state index >= 15 is 0 Å². The summed E-state index contributed by atoms with van der Waals surface area (Å²) in [6.07, 6.45) is 1.42. The van der Waals surface area contributed by atoms with Crippen LogP contribution in [0.1, 0.15) is 12.8 Å². The topological polar surface area (TPSA) is 81.3 Å². The van der Waals surface area contributed by atoms with E-state index in [0.29, 0.717) is 12.8 Å². The monoisotopic (exact) mass is 191 g/mol. The van der Waals surface area contributed by atoms with Crippen LogP contribution in [0.25, 0.3) is 0 Å². The van der Waals surface area contributed by atoms with Gasteiger partial charge in [0.25, 0.3) is 0 Å². The van der Waals surface area contributed by atoms with E-state index < -0.39 is 11.3 Å². The average Bonchev–Trinajstić information content (AvgIpc) is 2.05. The smallest absolute Gasteiger partial charge is 0.234 e. The van der Waals surface area contributed by atoms with Gasteiger partial charge in [-0.05, 0) is 25.9 Å². The van der Waals surface area contributed by atoms with Crippen LogP contribution in [0.4, 0.5) is 0 Å². The van der Waals surface area contributed by atoms with Gasteiger partial charge in [-0.2, -0.15) is 0 Å². The number of nitrogens with one attached hydrogen (secondary N) is 2. The van der Waals surface area contributed by atoms with E-state index in [1.54, 1.807) is 0 Å². The Labute approximate surface area is 73.3 Å². The largest absolute Gasteiger partial charge is 0.755 e. The van der Waals surface area contributed by atoms with E-state index in [1.807, 2.05) is 4.72 Å². The highest BCUT2D eigenvalue weighted by molar-refractivity contribution is 7.77. The molecular weight excluding hydrogens is 180 g/mol. The fourth-order valence-electron chi connectivity index (χ4n) is 1.25. The van der Waals surface area contributed by atoms with Crippen molar-refractivity contribution >= 4 is 17.2 Å². The Morgan fingerprint density at radius 2 is 2.08 bits per heavy atom. The predicted molar refractivity (Wildman–Crippen MR) is 42.7 cm³/mol. The molecule has 0 aliphatic carbocycles. The van der Waals surface area contributed by atoms with Crippen molar-refractivity contribution in [2.45, 2.75) is 12.8 Å². The van der Waals surface area contributed by atoms with Gasteiger partial charge >= 0.3 is 0 Å². The van der Waals surface area contributed by atoms with E-state index in [1.165, 1.54) is 0 Å². The third-order valence-corrected chi connectivity index (χ3v) is 2.26. The maximum absolute atomic E-state index is 11.1. The van der Waals surface area contributed by atoms with Crippen molar-refractivity contribution in [3.8, 4) is 0 Å². The molecule has 1 amide bonds. The number of hydrogen-bond donors (Lipinski definition) is 2. The number of hydrogen-bond acceptors (Lipinski definition) is 4. The molecule has 2 N–H and O–H groups in total. The van der Waals surface area contributed by atoms with E-state index in [9.17, 15) is 13.6 Å². The molecule has 70 valence electrons. The standard InChI is InChI=1S/C6H12N2O3S/c9-6(8-12(10)11)5-1-3-7-4-2-5/h5,7H,1-4H2,(H,8,9)(H,10,11)/p-1. The van der Waals surface area contributed by atoms with Crippen LogP contribution < -0.4 is 10.0 Å². The SMILES string of the molecule is O=C(NS(=O)[O-])C1CCNCC1. The van der Waals surface area contributed by atoms with Gasteiger partial charge < -0.3 is 9.87 Å². The van der Waals surface area contributed by atoms with Crippen LogP contribution in [0.3, 0.4) is 0 Å². The van der Waals surface area contributed by atoms with Crippen molar-refractivity contribution in [1.29, 1.82) is 0 Å². The van der Waals surface area contributed by atoms with Crippen molar-refractivity contribution in [3.63, 3.8) is 0 Å². The van der Waals surface area contributed by atoms with Gasteiger partial charge in [0.15, 0.2) is 0 Å². The molecule has 12 heavy (non-hydrogen) atoms. The summed E-state index contributed by atoms with van der Waals surface area (Å²) in [5.41, 5.74) is 0. The second kappa shape index (κ2) is 4.54. The van der Waals surface area contributed by atoms with Crippen molar-refractivity contribution < 1.29 is 13.6 Å². The second-order valence-electron chi connectivity index (χ2n) is 2.73. The molecule has 0 saturated carbocycles. The summed E-state index contributed by atoms with van der Waals surface area (Å²) in [5.74, 6) is -0.533. The number of piperidine rings is 1. The Balaban J connectivity index is 2.34. The van der Waals surface area contributed by atoms with E-state index in [2.05, 4.69) is 5.32 Å². The fourth-order valence-corrected chi connectivity index (χ4v) is 1.58. The molecular formula is C6H11N2O3S-. The summed E-state index contributed by atoms with van der Waals surface area (Å²) in [4.78, 5) is 11.1. The molecule has 1 atom stereocenters. The minimum atomic E-state index is -2.47. The molecule has 0 aromatic rings. The summed E-state index contributed by atoms with van der Waals surface area (Å²) in [7, 11) is 0. The molecule has 1 saturated heterocycles. The lowest BCUT2D eigenvalue weighted by molar-refractivity contribution is -0.123. The summed E-state index contributed by atoms with van der Waals surface area (Å²) in [6, 6.07) is 0. The molecule has 0 spiro atoms. The molecule has 1 heterocycles. The normalized spacial score (nSPS) is 21.8. The Kier molecular flexibility index (Phi) is 3.64. The highest BCUT2D eigenvalue weighted by Gasteiger charge is 2.20. The Bertz CT molecular complexity index is 191. The molecule has 0 bridgehead atoms. The van der Waals surface area contributed by atoms with Crippen molar-refractivity contribution in [3.05, 3.63) is 0 Å². The van der Waals surface area contributed by atoms with Crippen molar-refractivity contribution in [2.75, 3.05) is 13.1 Å². The zero-order chi connectivity index (χ0) is 8.97. The highest BCUT2D eigenvalue weighted by atomic mass is 32.2. The van der Waals surface area contributed by atoms with Crippen LogP contribution in [0.2, 0.25) is 0 Å². The van der Waals surface area contributed by atoms with Gasteiger partial charge in [-0.1, -0.05) is 0 Å². The molecule has 0 aromatic heterocycles. The lowest BCUT2D eigenvalue weighted by Crippen LogP contribution is -2.38. The summed E-state index contributed by atoms with van der Waals surface area (Å²) in [6.45, 7) is 1.56. The first-order chi connectivity index (χ1) is 5.70. The summed E-state index contributed by atoms with van der Waals surface area (Å²) < 4.78 is 22.1. The fraction of sp³-hybridized carbons (Fsp3) is 0.833. The van der Waals surface area contributed by atoms with Gasteiger partial charge in [-0.15, -0.1) is 0 Å². The molecule has 1 fully saturated rings. The number of carbonyl (C=O) groups is 1. The van der Waals surface area contributed by atoms with E-state index in [4.69, 9.17) is 0 Å². The molecule has 1 unspecified atom stereocenters. The molecule has 1 aliphatic rings. The lowest BCUT2D eigenvalue weighted by atomic mass is 9.98. The molecule has 0 radical (unpaired) electrons. The van der Waals surface area contributed by atoms with Gasteiger partial charge in [0.05, 0.1) is 0 Å². The zero-order valence-corrected chi connectivity index (χ0v) is 7.36. The maximum atomic E-state index is 11.1. The van der Waals surface area contributed by atoms with Crippen molar-refractivity contribution in [2.24, 2.45) is 5.92 Å². The van der Waals surface area contributed by atoms with Crippen LogP contribution in [0.15, 0.2) is 0 Å². The molecule has 1 aliphatic heterocycles. The number of carbonyl (C=O) groups excluding carboxylic acids is 1. The summed E-state index contributed by atoms with van der Waals surface area (Å²) in [5, 5.41) is 3.09. The van der Waals surface area contributed by atoms with Gasteiger partial charge in [0.1, 0.15) is 0 Å². The third kappa shape index (κ3) is 2.88. The van der Waals surface area contributed by atoms with Gasteiger partial charge in [-0.3, -0.25) is 13.7 Å². The zero-order valence-electron chi connectivity index (χ0n) is 6.54. The van der Waals surface area contributed by atoms with Crippen LogP contribution in [-0.4, -0.2) is 27.8 Å². The quantitative estimate of drug-likeness (QED) is 0.543. The van der Waals surface area contributed by atoms with Crippen LogP contribution in [-0.2, 0) is 16.1 Å². The average molecular weight is 191 g/mol. The number of amides is 1. The Morgan fingerprint density at radius 3 is 2.58 bits per heavy atom. The molecule has 6 heteroatoms. The van der Waals surface area contributed by atoms with Crippen LogP contribution in [0, 0.1) is 5.92 Å². The van der Waals surface area contributed by atoms with Gasteiger partial charge in [-0.25, -0.2) is 0 Å². The molecule has 1 rings (SSSR count). The first-order valence-corrected chi connectivity index (χ1v) is 4.88. The van der Waals surface area contributed by atoms with Crippen LogP contribution in [0.5, 0.6) is 0 Å². The lowest BCUT2D eigenvalue weighted by Gasteiger charge is -2.21. The maximum Gasteiger partial charge on any atom is 0.234 e. The Morgan fingerprint density at radius 1 is 1.50 bits per heavy atom. The second-order valence-corrected chi connectivity index (χ2v) is 3.40. The van der Waals surface area contributed by atoms with E-state index in [-0.39, 0.29) is 11.8 Å². The molecule has 5 nitrogen and oxygen atoms in total. The Hall–Kier alpha value is -0.460. The predicted octanol–water partition coefficient (Wildman–Crippen LogP) is -1.10. The van der Waals surface area contributed by atoms with Gasteiger partial charge in [0.2, 0.25) is 5.91 Å². The molecule has 0 aromatic carbocycles. The first kappa shape index (κ1) is 9.63. The highest BCUT2D eigenvalue weighted by Crippen LogP contribution is 2.10. The minimum absolute atomic E-state index is 0.149. The van der Waals surface area contributed by atoms with Gasteiger partial charge in [0, 0.05) is 17.2 Å². The van der Waals surface area contributed by atoms with E-state index in [0.717, 1.165) is 13.1 Å². The number of rotatable bonds is 2. The van der Waals surface area contributed by atoms with Crippen molar-refractivity contribution in [1.82, 2.24) is 10.0 Å². The summed E-state index contributed by atoms with van der Waals surface area (Å²) >= 11 is -2.47. The third-order valence-electron chi connectivity index (χ3n) is 1.89. The van der Waals surface area contributed by atoms with Crippen LogP contribution >= 0.6 is 0 Å². The minimum Gasteiger partial charge on any atom is -0.755 e. The first-order valence-electron chi connectivity index (χ1n) is 3.80.